The number of fused-ring (bicyclic) bond motifs is 6. The minimum atomic E-state index is -0.203. The zero-order valence-electron chi connectivity index (χ0n) is 10.5. The fourth-order valence-electron chi connectivity index (χ4n) is 4.62. The minimum absolute atomic E-state index is 0.203. The van der Waals surface area contributed by atoms with Crippen molar-refractivity contribution in [2.75, 3.05) is 5.32 Å². The molecule has 1 N–H and O–H groups in total. The van der Waals surface area contributed by atoms with Crippen LogP contribution in [0.2, 0.25) is 0 Å². The second-order valence-electron chi connectivity index (χ2n) is 6.29. The molecule has 3 aliphatic rings. The molecule has 3 aliphatic carbocycles. The smallest absolute Gasteiger partial charge is 0.184 e. The van der Waals surface area contributed by atoms with Gasteiger partial charge in [-0.25, -0.2) is 9.37 Å². The summed E-state index contributed by atoms with van der Waals surface area (Å²) in [5.41, 5.74) is 0.779. The van der Waals surface area contributed by atoms with Crippen LogP contribution >= 0.6 is 11.3 Å². The summed E-state index contributed by atoms with van der Waals surface area (Å²) in [4.78, 5) is 4.52. The lowest BCUT2D eigenvalue weighted by Gasteiger charge is -2.08. The molecule has 2 bridgehead atoms. The summed E-state index contributed by atoms with van der Waals surface area (Å²) in [5, 5.41) is 4.58. The summed E-state index contributed by atoms with van der Waals surface area (Å²) in [5.74, 6) is 3.55. The minimum Gasteiger partial charge on any atom is -0.358 e. The lowest BCUT2D eigenvalue weighted by molar-refractivity contribution is 0.456. The van der Waals surface area contributed by atoms with Crippen molar-refractivity contribution in [3.8, 4) is 0 Å². The lowest BCUT2D eigenvalue weighted by atomic mass is 10.0. The predicted octanol–water partition coefficient (Wildman–Crippen LogP) is 3.89. The largest absolute Gasteiger partial charge is 0.358 e. The first-order valence-electron chi connectivity index (χ1n) is 7.12. The highest BCUT2D eigenvalue weighted by molar-refractivity contribution is 7.22. The third kappa shape index (κ3) is 1.43. The molecule has 2 nitrogen and oxygen atoms in total. The van der Waals surface area contributed by atoms with Crippen molar-refractivity contribution >= 4 is 26.7 Å². The summed E-state index contributed by atoms with van der Waals surface area (Å²) >= 11 is 1.65. The first-order valence-corrected chi connectivity index (χ1v) is 7.94. The van der Waals surface area contributed by atoms with E-state index in [-0.39, 0.29) is 5.82 Å². The summed E-state index contributed by atoms with van der Waals surface area (Å²) in [7, 11) is 0. The van der Waals surface area contributed by atoms with Crippen LogP contribution < -0.4 is 5.32 Å². The number of nitrogens with one attached hydrogen (secondary N) is 1. The Kier molecular flexibility index (Phi) is 1.94. The Hall–Kier alpha value is -1.16. The standard InChI is InChI=1S/C15H15FN2S/c16-9-3-4-11-10(6-9)17-15(19-11)18-14-12-7-1-2-8(5-7)13(12)14/h3-4,6-8,12-14H,1-2,5H2,(H,17,18). The van der Waals surface area contributed by atoms with Crippen LogP contribution in [0.5, 0.6) is 0 Å². The highest BCUT2D eigenvalue weighted by Gasteiger charge is 2.65. The average molecular weight is 274 g/mol. The van der Waals surface area contributed by atoms with Crippen molar-refractivity contribution in [3.05, 3.63) is 24.0 Å². The van der Waals surface area contributed by atoms with E-state index in [1.165, 1.54) is 31.4 Å². The second-order valence-corrected chi connectivity index (χ2v) is 7.32. The van der Waals surface area contributed by atoms with E-state index in [1.807, 2.05) is 6.07 Å². The zero-order valence-corrected chi connectivity index (χ0v) is 11.3. The fraction of sp³-hybridized carbons (Fsp3) is 0.533. The summed E-state index contributed by atoms with van der Waals surface area (Å²) < 4.78 is 14.2. The molecular weight excluding hydrogens is 259 g/mol. The monoisotopic (exact) mass is 274 g/mol. The van der Waals surface area contributed by atoms with Crippen LogP contribution in [-0.2, 0) is 0 Å². The molecule has 2 aromatic rings. The molecule has 0 amide bonds. The molecule has 3 saturated carbocycles. The van der Waals surface area contributed by atoms with Crippen LogP contribution in [0, 0.1) is 29.5 Å². The Balaban J connectivity index is 1.41. The number of halogens is 1. The van der Waals surface area contributed by atoms with Gasteiger partial charge in [0, 0.05) is 12.1 Å². The van der Waals surface area contributed by atoms with Gasteiger partial charge >= 0.3 is 0 Å². The van der Waals surface area contributed by atoms with Gasteiger partial charge in [-0.1, -0.05) is 11.3 Å². The van der Waals surface area contributed by atoms with E-state index < -0.39 is 0 Å². The number of hydrogen-bond acceptors (Lipinski definition) is 3. The molecular formula is C15H15FN2S. The van der Waals surface area contributed by atoms with Crippen LogP contribution in [0.15, 0.2) is 18.2 Å². The number of hydrogen-bond donors (Lipinski definition) is 1. The Morgan fingerprint density at radius 2 is 2.00 bits per heavy atom. The van der Waals surface area contributed by atoms with Gasteiger partial charge in [-0.3, -0.25) is 0 Å². The maximum atomic E-state index is 13.2. The summed E-state index contributed by atoms with van der Waals surface area (Å²) in [6.07, 6.45) is 4.35. The van der Waals surface area contributed by atoms with E-state index in [4.69, 9.17) is 0 Å². The van der Waals surface area contributed by atoms with Gasteiger partial charge in [0.15, 0.2) is 5.13 Å². The Morgan fingerprint density at radius 1 is 1.21 bits per heavy atom. The molecule has 1 aromatic carbocycles. The van der Waals surface area contributed by atoms with Gasteiger partial charge in [0.25, 0.3) is 0 Å². The van der Waals surface area contributed by atoms with Crippen molar-refractivity contribution < 1.29 is 4.39 Å². The molecule has 0 radical (unpaired) electrons. The SMILES string of the molecule is Fc1ccc2sc(NC3C4C5CCC(C5)C34)nc2c1. The van der Waals surface area contributed by atoms with Gasteiger partial charge in [-0.2, -0.15) is 0 Å². The topological polar surface area (TPSA) is 24.9 Å². The van der Waals surface area contributed by atoms with Crippen molar-refractivity contribution in [1.82, 2.24) is 4.98 Å². The molecule has 4 atom stereocenters. The molecule has 98 valence electrons. The van der Waals surface area contributed by atoms with E-state index in [2.05, 4.69) is 10.3 Å². The van der Waals surface area contributed by atoms with Gasteiger partial charge in [-0.15, -0.1) is 0 Å². The van der Waals surface area contributed by atoms with Gasteiger partial charge in [-0.05, 0) is 55.1 Å². The fourth-order valence-corrected chi connectivity index (χ4v) is 5.52. The Bertz CT molecular complexity index is 651. The highest BCUT2D eigenvalue weighted by Crippen LogP contribution is 2.66. The molecule has 3 fully saturated rings. The normalized spacial score (nSPS) is 38.7. The van der Waals surface area contributed by atoms with E-state index in [0.29, 0.717) is 6.04 Å². The van der Waals surface area contributed by atoms with Gasteiger partial charge in [0.1, 0.15) is 5.82 Å². The van der Waals surface area contributed by atoms with Gasteiger partial charge in [0.05, 0.1) is 10.2 Å². The Labute approximate surface area is 115 Å². The van der Waals surface area contributed by atoms with E-state index >= 15 is 0 Å². The summed E-state index contributed by atoms with van der Waals surface area (Å²) in [6.45, 7) is 0. The Morgan fingerprint density at radius 3 is 2.79 bits per heavy atom. The van der Waals surface area contributed by atoms with E-state index in [9.17, 15) is 4.39 Å². The van der Waals surface area contributed by atoms with E-state index in [1.54, 1.807) is 11.3 Å². The lowest BCUT2D eigenvalue weighted by Crippen LogP contribution is -2.12. The number of nitrogens with zero attached hydrogens (tertiary/aromatic N) is 1. The first-order chi connectivity index (χ1) is 9.29. The number of aromatic nitrogens is 1. The average Bonchev–Trinajstić information content (AvgIpc) is 2.79. The first kappa shape index (κ1) is 10.6. The number of thiazole rings is 1. The van der Waals surface area contributed by atoms with Crippen LogP contribution in [0.25, 0.3) is 10.2 Å². The zero-order chi connectivity index (χ0) is 12.6. The second kappa shape index (κ2) is 3.48. The molecule has 1 aromatic heterocycles. The van der Waals surface area contributed by atoms with E-state index in [0.717, 1.165) is 39.0 Å². The van der Waals surface area contributed by atoms with Crippen LogP contribution in [0.3, 0.4) is 0 Å². The molecule has 1 heterocycles. The van der Waals surface area contributed by atoms with Crippen molar-refractivity contribution in [1.29, 1.82) is 0 Å². The third-order valence-electron chi connectivity index (χ3n) is 5.38. The van der Waals surface area contributed by atoms with Crippen LogP contribution in [-0.4, -0.2) is 11.0 Å². The van der Waals surface area contributed by atoms with Gasteiger partial charge in [0.2, 0.25) is 0 Å². The van der Waals surface area contributed by atoms with Gasteiger partial charge < -0.3 is 5.32 Å². The predicted molar refractivity (Wildman–Crippen MR) is 74.8 cm³/mol. The highest BCUT2D eigenvalue weighted by atomic mass is 32.1. The molecule has 0 aliphatic heterocycles. The number of benzene rings is 1. The third-order valence-corrected chi connectivity index (χ3v) is 6.34. The molecule has 5 rings (SSSR count). The van der Waals surface area contributed by atoms with Crippen LogP contribution in [0.4, 0.5) is 9.52 Å². The molecule has 4 heteroatoms. The molecule has 4 unspecified atom stereocenters. The summed E-state index contributed by atoms with van der Waals surface area (Å²) in [6, 6.07) is 5.51. The van der Waals surface area contributed by atoms with Crippen molar-refractivity contribution in [2.24, 2.45) is 23.7 Å². The number of anilines is 1. The quantitative estimate of drug-likeness (QED) is 0.898. The van der Waals surface area contributed by atoms with Crippen molar-refractivity contribution in [3.63, 3.8) is 0 Å². The van der Waals surface area contributed by atoms with Crippen LogP contribution in [0.1, 0.15) is 19.3 Å². The molecule has 0 saturated heterocycles. The van der Waals surface area contributed by atoms with Crippen molar-refractivity contribution in [2.45, 2.75) is 25.3 Å². The maximum Gasteiger partial charge on any atom is 0.184 e. The maximum absolute atomic E-state index is 13.2. The molecule has 0 spiro atoms. The molecule has 19 heavy (non-hydrogen) atoms. The number of rotatable bonds is 2.